The average Bonchev–Trinajstić information content (AvgIpc) is 3.33. The zero-order valence-electron chi connectivity index (χ0n) is 13.4. The van der Waals surface area contributed by atoms with E-state index in [0.717, 1.165) is 25.2 Å². The molecule has 0 saturated heterocycles. The van der Waals surface area contributed by atoms with Crippen LogP contribution in [0.5, 0.6) is 0 Å². The van der Waals surface area contributed by atoms with Gasteiger partial charge in [0.1, 0.15) is 0 Å². The van der Waals surface area contributed by atoms with E-state index in [-0.39, 0.29) is 24.0 Å². The van der Waals surface area contributed by atoms with Crippen molar-refractivity contribution in [2.45, 2.75) is 25.9 Å². The number of halogens is 4. The molecule has 0 aliphatic heterocycles. The lowest BCUT2D eigenvalue weighted by molar-refractivity contribution is -0.137. The lowest BCUT2D eigenvalue weighted by Crippen LogP contribution is -2.37. The highest BCUT2D eigenvalue weighted by Crippen LogP contribution is 2.29. The molecule has 1 aliphatic carbocycles. The predicted octanol–water partition coefficient (Wildman–Crippen LogP) is 3.64. The van der Waals surface area contributed by atoms with Gasteiger partial charge in [-0.3, -0.25) is 4.99 Å². The van der Waals surface area contributed by atoms with Gasteiger partial charge in [0.15, 0.2) is 5.96 Å². The summed E-state index contributed by atoms with van der Waals surface area (Å²) in [5.74, 6) is 6.95. The first kappa shape index (κ1) is 20.6. The van der Waals surface area contributed by atoms with Crippen LogP contribution in [0.25, 0.3) is 0 Å². The Bertz CT molecular complexity index is 613. The van der Waals surface area contributed by atoms with Crippen LogP contribution in [0.3, 0.4) is 0 Å². The maximum Gasteiger partial charge on any atom is 0.416 e. The second kappa shape index (κ2) is 9.77. The zero-order valence-corrected chi connectivity index (χ0v) is 15.7. The topological polar surface area (TPSA) is 36.4 Å². The molecule has 2 N–H and O–H groups in total. The van der Waals surface area contributed by atoms with Crippen LogP contribution in [0.1, 0.15) is 30.9 Å². The molecule has 1 saturated carbocycles. The highest BCUT2D eigenvalue weighted by atomic mass is 127. The SMILES string of the molecule is CCNC(=NCC1CC1)NCC#Cc1cccc(C(F)(F)F)c1.I. The molecule has 0 spiro atoms. The minimum absolute atomic E-state index is 0. The fraction of sp³-hybridized carbons (Fsp3) is 0.471. The molecule has 7 heteroatoms. The Balaban J connectivity index is 0.00000288. The van der Waals surface area contributed by atoms with Gasteiger partial charge in [-0.05, 0) is 43.9 Å². The van der Waals surface area contributed by atoms with E-state index < -0.39 is 11.7 Å². The van der Waals surface area contributed by atoms with Crippen LogP contribution in [0, 0.1) is 17.8 Å². The maximum atomic E-state index is 12.6. The summed E-state index contributed by atoms with van der Waals surface area (Å²) in [5, 5.41) is 6.18. The lowest BCUT2D eigenvalue weighted by atomic mass is 10.1. The number of hydrogen-bond donors (Lipinski definition) is 2. The highest BCUT2D eigenvalue weighted by Gasteiger charge is 2.30. The number of alkyl halides is 3. The number of nitrogens with zero attached hydrogens (tertiary/aromatic N) is 1. The number of rotatable bonds is 4. The van der Waals surface area contributed by atoms with E-state index in [4.69, 9.17) is 0 Å². The van der Waals surface area contributed by atoms with Gasteiger partial charge in [-0.2, -0.15) is 13.2 Å². The summed E-state index contributed by atoms with van der Waals surface area (Å²) >= 11 is 0. The van der Waals surface area contributed by atoms with E-state index in [1.54, 1.807) is 6.07 Å². The van der Waals surface area contributed by atoms with Crippen molar-refractivity contribution in [3.63, 3.8) is 0 Å². The first-order valence-corrected chi connectivity index (χ1v) is 7.67. The monoisotopic (exact) mass is 451 g/mol. The lowest BCUT2D eigenvalue weighted by Gasteiger charge is -2.08. The molecule has 2 rings (SSSR count). The van der Waals surface area contributed by atoms with Crippen molar-refractivity contribution in [2.75, 3.05) is 19.6 Å². The third-order valence-electron chi connectivity index (χ3n) is 3.32. The molecular formula is C17H21F3IN3. The van der Waals surface area contributed by atoms with Gasteiger partial charge in [0.05, 0.1) is 12.1 Å². The van der Waals surface area contributed by atoms with Crippen molar-refractivity contribution in [1.29, 1.82) is 0 Å². The van der Waals surface area contributed by atoms with Gasteiger partial charge >= 0.3 is 6.18 Å². The predicted molar refractivity (Wildman–Crippen MR) is 100 cm³/mol. The second-order valence-electron chi connectivity index (χ2n) is 5.40. The Morgan fingerprint density at radius 2 is 2.04 bits per heavy atom. The number of aliphatic imine (C=N–C) groups is 1. The number of benzene rings is 1. The summed E-state index contributed by atoms with van der Waals surface area (Å²) in [6.07, 6.45) is -1.87. The molecule has 1 fully saturated rings. The van der Waals surface area contributed by atoms with Crippen LogP contribution in [0.15, 0.2) is 29.3 Å². The Morgan fingerprint density at radius 1 is 1.29 bits per heavy atom. The Morgan fingerprint density at radius 3 is 2.67 bits per heavy atom. The molecule has 132 valence electrons. The molecule has 0 radical (unpaired) electrons. The smallest absolute Gasteiger partial charge is 0.357 e. The molecule has 0 aromatic heterocycles. The van der Waals surface area contributed by atoms with Crippen LogP contribution in [0.4, 0.5) is 13.2 Å². The van der Waals surface area contributed by atoms with Crippen LogP contribution in [-0.4, -0.2) is 25.6 Å². The summed E-state index contributed by atoms with van der Waals surface area (Å²) in [5.41, 5.74) is -0.335. The van der Waals surface area contributed by atoms with E-state index in [9.17, 15) is 13.2 Å². The van der Waals surface area contributed by atoms with E-state index in [2.05, 4.69) is 27.5 Å². The van der Waals surface area contributed by atoms with Crippen molar-refractivity contribution in [3.8, 4) is 11.8 Å². The Hall–Kier alpha value is -1.43. The van der Waals surface area contributed by atoms with Gasteiger partial charge in [0.25, 0.3) is 0 Å². The van der Waals surface area contributed by atoms with E-state index in [1.807, 2.05) is 6.92 Å². The molecular weight excluding hydrogens is 430 g/mol. The van der Waals surface area contributed by atoms with Gasteiger partial charge in [-0.25, -0.2) is 0 Å². The first-order chi connectivity index (χ1) is 11.0. The maximum absolute atomic E-state index is 12.6. The Labute approximate surface area is 157 Å². The Kier molecular flexibility index (Phi) is 8.39. The molecule has 0 unspecified atom stereocenters. The number of hydrogen-bond acceptors (Lipinski definition) is 1. The summed E-state index contributed by atoms with van der Waals surface area (Å²) in [6, 6.07) is 5.02. The summed E-state index contributed by atoms with van der Waals surface area (Å²) in [6.45, 7) is 3.85. The highest BCUT2D eigenvalue weighted by molar-refractivity contribution is 14.0. The van der Waals surface area contributed by atoms with Gasteiger partial charge in [-0.15, -0.1) is 24.0 Å². The first-order valence-electron chi connectivity index (χ1n) is 7.67. The third kappa shape index (κ3) is 7.43. The molecule has 0 amide bonds. The van der Waals surface area contributed by atoms with Crippen molar-refractivity contribution in [2.24, 2.45) is 10.9 Å². The van der Waals surface area contributed by atoms with Gasteiger partial charge in [0.2, 0.25) is 0 Å². The van der Waals surface area contributed by atoms with Crippen molar-refractivity contribution in [3.05, 3.63) is 35.4 Å². The number of nitrogens with one attached hydrogen (secondary N) is 2. The summed E-state index contributed by atoms with van der Waals surface area (Å²) < 4.78 is 37.9. The fourth-order valence-corrected chi connectivity index (χ4v) is 1.91. The largest absolute Gasteiger partial charge is 0.416 e. The molecule has 1 aromatic rings. The minimum atomic E-state index is -4.34. The second-order valence-corrected chi connectivity index (χ2v) is 5.40. The van der Waals surface area contributed by atoms with Gasteiger partial charge < -0.3 is 10.6 Å². The third-order valence-corrected chi connectivity index (χ3v) is 3.32. The summed E-state index contributed by atoms with van der Waals surface area (Å²) in [7, 11) is 0. The molecule has 0 heterocycles. The molecule has 0 atom stereocenters. The van der Waals surface area contributed by atoms with Crippen LogP contribution in [0.2, 0.25) is 0 Å². The van der Waals surface area contributed by atoms with Crippen molar-refractivity contribution < 1.29 is 13.2 Å². The van der Waals surface area contributed by atoms with Crippen LogP contribution < -0.4 is 10.6 Å². The average molecular weight is 451 g/mol. The normalized spacial score (nSPS) is 14.2. The standard InChI is InChI=1S/C17H20F3N3.HI/c1-2-21-16(23-12-14-8-9-14)22-10-4-6-13-5-3-7-15(11-13)17(18,19)20;/h3,5,7,11,14H,2,8-10,12H2,1H3,(H2,21,22,23);1H. The van der Waals surface area contributed by atoms with Crippen LogP contribution >= 0.6 is 24.0 Å². The summed E-state index contributed by atoms with van der Waals surface area (Å²) in [4.78, 5) is 4.44. The molecule has 1 aliphatic rings. The van der Waals surface area contributed by atoms with Crippen molar-refractivity contribution >= 4 is 29.9 Å². The minimum Gasteiger partial charge on any atom is -0.357 e. The van der Waals surface area contributed by atoms with Crippen LogP contribution in [-0.2, 0) is 6.18 Å². The molecule has 0 bridgehead atoms. The quantitative estimate of drug-likeness (QED) is 0.318. The van der Waals surface area contributed by atoms with E-state index in [1.165, 1.54) is 18.9 Å². The molecule has 1 aromatic carbocycles. The number of guanidine groups is 1. The zero-order chi connectivity index (χ0) is 16.7. The van der Waals surface area contributed by atoms with Crippen molar-refractivity contribution in [1.82, 2.24) is 10.6 Å². The van der Waals surface area contributed by atoms with E-state index >= 15 is 0 Å². The molecule has 24 heavy (non-hydrogen) atoms. The molecule has 3 nitrogen and oxygen atoms in total. The fourth-order valence-electron chi connectivity index (χ4n) is 1.91. The van der Waals surface area contributed by atoms with Gasteiger partial charge in [-0.1, -0.05) is 17.9 Å². The van der Waals surface area contributed by atoms with E-state index in [0.29, 0.717) is 24.0 Å². The van der Waals surface area contributed by atoms with Gasteiger partial charge in [0, 0.05) is 18.7 Å².